The van der Waals surface area contributed by atoms with Gasteiger partial charge in [-0.1, -0.05) is 18.2 Å². The van der Waals surface area contributed by atoms with Crippen molar-refractivity contribution < 1.29 is 9.53 Å². The molecule has 1 aromatic carbocycles. The van der Waals surface area contributed by atoms with Gasteiger partial charge in [0.2, 0.25) is 0 Å². The molecule has 0 saturated carbocycles. The van der Waals surface area contributed by atoms with Crippen molar-refractivity contribution in [2.75, 3.05) is 13.1 Å². The van der Waals surface area contributed by atoms with E-state index in [0.29, 0.717) is 4.91 Å². The predicted octanol–water partition coefficient (Wildman–Crippen LogP) is 3.85. The molecule has 1 amide bonds. The first-order valence-corrected chi connectivity index (χ1v) is 9.27. The van der Waals surface area contributed by atoms with Crippen LogP contribution in [0.2, 0.25) is 0 Å². The lowest BCUT2D eigenvalue weighted by molar-refractivity contribution is -0.113. The Hall–Kier alpha value is -2.01. The van der Waals surface area contributed by atoms with Gasteiger partial charge >= 0.3 is 0 Å². The second-order valence-electron chi connectivity index (χ2n) is 6.30. The average Bonchev–Trinajstić information content (AvgIpc) is 2.97. The van der Waals surface area contributed by atoms with Crippen LogP contribution in [0.3, 0.4) is 0 Å². The summed E-state index contributed by atoms with van der Waals surface area (Å²) in [6, 6.07) is 7.96. The van der Waals surface area contributed by atoms with Crippen LogP contribution in [0.15, 0.2) is 45.8 Å². The van der Waals surface area contributed by atoms with Gasteiger partial charge in [0, 0.05) is 18.7 Å². The van der Waals surface area contributed by atoms with E-state index in [0.717, 1.165) is 35.1 Å². The molecule has 0 aromatic heterocycles. The predicted molar refractivity (Wildman–Crippen MR) is 98.0 cm³/mol. The lowest BCUT2D eigenvalue weighted by Gasteiger charge is -2.27. The molecule has 4 nitrogen and oxygen atoms in total. The Labute approximate surface area is 146 Å². The maximum atomic E-state index is 12.3. The zero-order valence-corrected chi connectivity index (χ0v) is 14.5. The lowest BCUT2D eigenvalue weighted by Crippen LogP contribution is -2.33. The van der Waals surface area contributed by atoms with Crippen LogP contribution in [0.1, 0.15) is 31.7 Å². The molecule has 1 atom stereocenters. The minimum Gasteiger partial charge on any atom is -0.485 e. The highest BCUT2D eigenvalue weighted by Crippen LogP contribution is 2.34. The van der Waals surface area contributed by atoms with Crippen LogP contribution >= 0.6 is 11.8 Å². The first-order chi connectivity index (χ1) is 11.7. The average molecular weight is 340 g/mol. The summed E-state index contributed by atoms with van der Waals surface area (Å²) in [7, 11) is 0. The highest BCUT2D eigenvalue weighted by molar-refractivity contribution is 8.18. The third kappa shape index (κ3) is 3.00. The molecule has 0 N–H and O–H groups in total. The number of piperidine rings is 1. The van der Waals surface area contributed by atoms with Gasteiger partial charge in [-0.05, 0) is 61.7 Å². The van der Waals surface area contributed by atoms with Gasteiger partial charge in [0.05, 0.1) is 4.91 Å². The Morgan fingerprint density at radius 2 is 2.04 bits per heavy atom. The van der Waals surface area contributed by atoms with Gasteiger partial charge in [0.15, 0.2) is 5.17 Å². The molecule has 0 aliphatic carbocycles. The van der Waals surface area contributed by atoms with Crippen LogP contribution in [0.4, 0.5) is 0 Å². The number of fused-ring (bicyclic) bond motifs is 1. The minimum atomic E-state index is -0.132. The molecule has 124 valence electrons. The van der Waals surface area contributed by atoms with E-state index in [1.165, 1.54) is 31.0 Å². The fraction of sp³-hybridized carbons (Fsp3) is 0.368. The van der Waals surface area contributed by atoms with Crippen molar-refractivity contribution in [1.82, 2.24) is 4.90 Å². The number of carbonyl (C=O) groups excluding carboxylic acids is 1. The zero-order chi connectivity index (χ0) is 16.5. The number of nitrogens with zero attached hydrogens (tertiary/aromatic N) is 2. The van der Waals surface area contributed by atoms with Crippen molar-refractivity contribution in [3.8, 4) is 5.75 Å². The molecule has 3 aliphatic rings. The molecule has 1 unspecified atom stereocenters. The summed E-state index contributed by atoms with van der Waals surface area (Å²) in [4.78, 5) is 19.5. The lowest BCUT2D eigenvalue weighted by atomic mass is 10.0. The highest BCUT2D eigenvalue weighted by atomic mass is 32.2. The molecule has 0 radical (unpaired) electrons. The fourth-order valence-electron chi connectivity index (χ4n) is 3.19. The molecule has 1 fully saturated rings. The summed E-state index contributed by atoms with van der Waals surface area (Å²) in [6.45, 7) is 4.01. The van der Waals surface area contributed by atoms with Crippen molar-refractivity contribution in [2.45, 2.75) is 32.3 Å². The van der Waals surface area contributed by atoms with Crippen LogP contribution in [0, 0.1) is 0 Å². The number of carbonyl (C=O) groups is 1. The number of rotatable bonds is 1. The molecule has 5 heteroatoms. The first kappa shape index (κ1) is 15.5. The Bertz CT molecular complexity index is 760. The maximum Gasteiger partial charge on any atom is 0.286 e. The smallest absolute Gasteiger partial charge is 0.286 e. The van der Waals surface area contributed by atoms with Crippen molar-refractivity contribution in [2.24, 2.45) is 4.99 Å². The molecule has 24 heavy (non-hydrogen) atoms. The van der Waals surface area contributed by atoms with Gasteiger partial charge in [0.25, 0.3) is 5.91 Å². The van der Waals surface area contributed by atoms with E-state index in [1.807, 2.05) is 37.3 Å². The zero-order valence-electron chi connectivity index (χ0n) is 13.7. The second kappa shape index (κ2) is 6.48. The van der Waals surface area contributed by atoms with Gasteiger partial charge < -0.3 is 9.64 Å². The molecule has 1 saturated heterocycles. The fourth-order valence-corrected chi connectivity index (χ4v) is 4.16. The largest absolute Gasteiger partial charge is 0.485 e. The monoisotopic (exact) mass is 340 g/mol. The third-order valence-corrected chi connectivity index (χ3v) is 5.59. The van der Waals surface area contributed by atoms with E-state index in [4.69, 9.17) is 4.74 Å². The van der Waals surface area contributed by atoms with Crippen molar-refractivity contribution in [3.05, 3.63) is 46.4 Å². The summed E-state index contributed by atoms with van der Waals surface area (Å²) in [5.74, 6) is 0.760. The SMILES string of the molecule is CC1Oc2ccccc2C=C1/C=C1/SC(N2CCCCC2)=NC1=O. The number of thioether (sulfide) groups is 1. The summed E-state index contributed by atoms with van der Waals surface area (Å²) >= 11 is 1.49. The second-order valence-corrected chi connectivity index (χ2v) is 7.31. The normalized spacial score (nSPS) is 25.2. The van der Waals surface area contributed by atoms with E-state index in [2.05, 4.69) is 16.0 Å². The van der Waals surface area contributed by atoms with Crippen molar-refractivity contribution >= 4 is 28.9 Å². The van der Waals surface area contributed by atoms with E-state index in [1.54, 1.807) is 0 Å². The summed E-state index contributed by atoms with van der Waals surface area (Å²) < 4.78 is 5.95. The van der Waals surface area contributed by atoms with Crippen LogP contribution in [0.25, 0.3) is 6.08 Å². The van der Waals surface area contributed by atoms with E-state index >= 15 is 0 Å². The van der Waals surface area contributed by atoms with Gasteiger partial charge in [-0.25, -0.2) is 0 Å². The molecular weight excluding hydrogens is 320 g/mol. The number of para-hydroxylation sites is 1. The van der Waals surface area contributed by atoms with Crippen molar-refractivity contribution in [3.63, 3.8) is 0 Å². The highest BCUT2D eigenvalue weighted by Gasteiger charge is 2.28. The van der Waals surface area contributed by atoms with Crippen LogP contribution in [0.5, 0.6) is 5.75 Å². The molecule has 0 spiro atoms. The maximum absolute atomic E-state index is 12.3. The molecule has 1 aromatic rings. The van der Waals surface area contributed by atoms with Crippen LogP contribution < -0.4 is 4.74 Å². The van der Waals surface area contributed by atoms with Crippen molar-refractivity contribution in [1.29, 1.82) is 0 Å². The number of amidine groups is 1. The topological polar surface area (TPSA) is 41.9 Å². The number of ether oxygens (including phenoxy) is 1. The number of hydrogen-bond donors (Lipinski definition) is 0. The molecule has 0 bridgehead atoms. The number of aliphatic imine (C=N–C) groups is 1. The molecular formula is C19H20N2O2S. The van der Waals surface area contributed by atoms with Gasteiger partial charge in [-0.2, -0.15) is 4.99 Å². The number of hydrogen-bond acceptors (Lipinski definition) is 4. The number of benzene rings is 1. The third-order valence-electron chi connectivity index (χ3n) is 4.55. The van der Waals surface area contributed by atoms with Gasteiger partial charge in [0.1, 0.15) is 11.9 Å². The Morgan fingerprint density at radius 3 is 2.88 bits per heavy atom. The Balaban J connectivity index is 1.56. The van der Waals surface area contributed by atoms with Crippen LogP contribution in [-0.4, -0.2) is 35.2 Å². The standard InChI is InChI=1S/C19H20N2O2S/c1-13-15(11-14-7-3-4-8-16(14)23-13)12-17-18(22)20-19(24-17)21-9-5-2-6-10-21/h3-4,7-8,11-13H,2,5-6,9-10H2,1H3/b17-12+. The minimum absolute atomic E-state index is 0.0696. The first-order valence-electron chi connectivity index (χ1n) is 8.45. The van der Waals surface area contributed by atoms with Gasteiger partial charge in [-0.3, -0.25) is 4.79 Å². The summed E-state index contributed by atoms with van der Waals surface area (Å²) in [5.41, 5.74) is 2.06. The molecule has 3 aliphatic heterocycles. The summed E-state index contributed by atoms with van der Waals surface area (Å²) in [6.07, 6.45) is 7.60. The number of amides is 1. The summed E-state index contributed by atoms with van der Waals surface area (Å²) in [5, 5.41) is 0.858. The molecule has 3 heterocycles. The number of likely N-dealkylation sites (tertiary alicyclic amines) is 1. The van der Waals surface area contributed by atoms with Crippen LogP contribution in [-0.2, 0) is 4.79 Å². The van der Waals surface area contributed by atoms with E-state index in [9.17, 15) is 4.79 Å². The Morgan fingerprint density at radius 1 is 1.25 bits per heavy atom. The van der Waals surface area contributed by atoms with Gasteiger partial charge in [-0.15, -0.1) is 0 Å². The molecule has 4 rings (SSSR count). The van der Waals surface area contributed by atoms with E-state index < -0.39 is 0 Å². The van der Waals surface area contributed by atoms with E-state index in [-0.39, 0.29) is 12.0 Å². The Kier molecular flexibility index (Phi) is 4.19. The quantitative estimate of drug-likeness (QED) is 0.728.